The van der Waals surface area contributed by atoms with Crippen molar-refractivity contribution in [2.45, 2.75) is 139 Å². The highest BCUT2D eigenvalue weighted by Crippen LogP contribution is 2.52. The lowest BCUT2D eigenvalue weighted by atomic mass is 9.75. The number of hydrogen-bond donors (Lipinski definition) is 4. The average molecular weight is 930 g/mol. The highest BCUT2D eigenvalue weighted by Gasteiger charge is 2.47. The van der Waals surface area contributed by atoms with Crippen LogP contribution >= 0.6 is 0 Å². The molecule has 11 nitrogen and oxygen atoms in total. The third kappa shape index (κ3) is 14.3. The van der Waals surface area contributed by atoms with Gasteiger partial charge in [0, 0.05) is 60.4 Å². The summed E-state index contributed by atoms with van der Waals surface area (Å²) in [5.41, 5.74) is 12.1. The van der Waals surface area contributed by atoms with E-state index in [-0.39, 0.29) is 28.4 Å². The number of nitrogens with two attached hydrogens (primary N) is 1. The van der Waals surface area contributed by atoms with Gasteiger partial charge >= 0.3 is 0 Å². The Balaban J connectivity index is 1.52. The monoisotopic (exact) mass is 929 g/mol. The van der Waals surface area contributed by atoms with Crippen LogP contribution in [0.2, 0.25) is 0 Å². The van der Waals surface area contributed by atoms with Crippen molar-refractivity contribution in [3.8, 4) is 0 Å². The molecule has 0 spiro atoms. The second-order valence-electron chi connectivity index (χ2n) is 18.1. The Bertz CT molecular complexity index is 2400. The summed E-state index contributed by atoms with van der Waals surface area (Å²) in [4.78, 5) is 14.6. The van der Waals surface area contributed by atoms with Crippen molar-refractivity contribution >= 4 is 43.2 Å². The van der Waals surface area contributed by atoms with E-state index in [9.17, 15) is 30.7 Å². The first-order valence-corrected chi connectivity index (χ1v) is 26.8. The van der Waals surface area contributed by atoms with Gasteiger partial charge in [-0.3, -0.25) is 13.9 Å². The molecule has 354 valence electrons. The maximum Gasteiger partial charge on any atom is 0.294 e. The number of para-hydroxylation sites is 1. The largest absolute Gasteiger partial charge is 0.356 e. The van der Waals surface area contributed by atoms with Crippen LogP contribution in [0.25, 0.3) is 0 Å². The van der Waals surface area contributed by atoms with E-state index in [1.807, 2.05) is 25.2 Å². The van der Waals surface area contributed by atoms with Gasteiger partial charge in [-0.1, -0.05) is 112 Å². The molecule has 0 saturated carbocycles. The minimum Gasteiger partial charge on any atom is -0.356 e. The molecule has 2 unspecified atom stereocenters. The molecule has 3 aliphatic rings. The zero-order valence-electron chi connectivity index (χ0n) is 38.9. The van der Waals surface area contributed by atoms with E-state index < -0.39 is 25.7 Å². The second-order valence-corrected chi connectivity index (χ2v) is 21.1. The number of fused-ring (bicyclic) bond motifs is 2. The molecule has 0 bridgehead atoms. The summed E-state index contributed by atoms with van der Waals surface area (Å²) in [7, 11) is -8.70. The summed E-state index contributed by atoms with van der Waals surface area (Å²) >= 11 is 0. The second kappa shape index (κ2) is 24.4. The van der Waals surface area contributed by atoms with Crippen LogP contribution in [0.15, 0.2) is 119 Å². The Kier molecular flexibility index (Phi) is 19.4. The van der Waals surface area contributed by atoms with E-state index in [2.05, 4.69) is 95.4 Å². The van der Waals surface area contributed by atoms with Crippen LogP contribution in [-0.4, -0.2) is 74.1 Å². The minimum absolute atomic E-state index is 0.0378. The van der Waals surface area contributed by atoms with Gasteiger partial charge in [0.15, 0.2) is 5.71 Å². The lowest BCUT2D eigenvalue weighted by Gasteiger charge is -2.30. The van der Waals surface area contributed by atoms with Crippen molar-refractivity contribution in [2.75, 3.05) is 36.8 Å². The molecule has 0 aromatic heterocycles. The molecule has 2 aromatic carbocycles. The van der Waals surface area contributed by atoms with Gasteiger partial charge in [0.25, 0.3) is 20.2 Å². The number of allylic oxidation sites excluding steroid dienone is 12. The fourth-order valence-electron chi connectivity index (χ4n) is 9.65. The first kappa shape index (κ1) is 51.6. The number of amides is 1. The van der Waals surface area contributed by atoms with Gasteiger partial charge in [-0.2, -0.15) is 21.4 Å². The summed E-state index contributed by atoms with van der Waals surface area (Å²) < 4.78 is 70.8. The van der Waals surface area contributed by atoms with Crippen molar-refractivity contribution in [2.24, 2.45) is 5.73 Å². The Morgan fingerprint density at radius 3 is 2.32 bits per heavy atom. The zero-order valence-corrected chi connectivity index (χ0v) is 40.5. The van der Waals surface area contributed by atoms with Crippen LogP contribution in [0, 0.1) is 0 Å². The average Bonchev–Trinajstić information content (AvgIpc) is 3.62. The highest BCUT2D eigenvalue weighted by atomic mass is 32.2. The van der Waals surface area contributed by atoms with Gasteiger partial charge in [-0.05, 0) is 107 Å². The number of nitrogens with zero attached hydrogens (tertiary/aromatic N) is 2. The molecule has 1 amide bonds. The zero-order chi connectivity index (χ0) is 46.9. The Morgan fingerprint density at radius 1 is 0.815 bits per heavy atom. The number of rotatable bonds is 27. The predicted octanol–water partition coefficient (Wildman–Crippen LogP) is 10.3. The number of nitrogens with one attached hydrogen (secondary N) is 1. The topological polar surface area (TPSA) is 170 Å². The van der Waals surface area contributed by atoms with Gasteiger partial charge < -0.3 is 16.0 Å². The predicted molar refractivity (Wildman–Crippen MR) is 265 cm³/mol. The third-order valence-electron chi connectivity index (χ3n) is 13.2. The lowest BCUT2D eigenvalue weighted by molar-refractivity contribution is -0.438. The molecule has 5 N–H and O–H groups in total. The van der Waals surface area contributed by atoms with Crippen molar-refractivity contribution in [1.29, 1.82) is 0 Å². The Morgan fingerprint density at radius 2 is 1.55 bits per heavy atom. The minimum atomic E-state index is -4.53. The maximum atomic E-state index is 12.6. The summed E-state index contributed by atoms with van der Waals surface area (Å²) in [6, 6.07) is 13.5. The van der Waals surface area contributed by atoms with Crippen LogP contribution in [0.5, 0.6) is 0 Å². The normalized spacial score (nSPS) is 21.1. The van der Waals surface area contributed by atoms with E-state index in [1.54, 1.807) is 12.1 Å². The van der Waals surface area contributed by atoms with E-state index in [0.29, 0.717) is 38.9 Å². The molecule has 5 rings (SSSR count). The number of anilines is 1. The van der Waals surface area contributed by atoms with Crippen molar-refractivity contribution in [1.82, 2.24) is 5.32 Å². The molecule has 2 aromatic rings. The SMILES string of the molecule is CCCCCC1(C)C(/C=C/C=C2/N(CCCCCC(=O)NCCCCCN)c3ccc(S(=O)(=O)O)cc3C2(C)CCCCS(=O)(=O)O)=[N+](CCCC2=C/C=C\C=C/C=C2)c2ccccc21. The van der Waals surface area contributed by atoms with Crippen molar-refractivity contribution in [3.05, 3.63) is 126 Å². The maximum absolute atomic E-state index is 12.6. The number of carbonyl (C=O) groups is 1. The van der Waals surface area contributed by atoms with E-state index in [4.69, 9.17) is 5.73 Å². The molecule has 13 heteroatoms. The van der Waals surface area contributed by atoms with E-state index in [0.717, 1.165) is 101 Å². The number of benzene rings is 2. The lowest BCUT2D eigenvalue weighted by Crippen LogP contribution is -2.31. The molecule has 0 saturated heterocycles. The van der Waals surface area contributed by atoms with Crippen LogP contribution in [0.1, 0.15) is 135 Å². The van der Waals surface area contributed by atoms with Crippen LogP contribution in [-0.2, 0) is 35.9 Å². The summed E-state index contributed by atoms with van der Waals surface area (Å²) in [5.74, 6) is -0.340. The van der Waals surface area contributed by atoms with Crippen molar-refractivity contribution < 1.29 is 35.3 Å². The Labute approximate surface area is 389 Å². The Hall–Kier alpha value is -4.40. The van der Waals surface area contributed by atoms with E-state index >= 15 is 0 Å². The molecule has 0 radical (unpaired) electrons. The van der Waals surface area contributed by atoms with Gasteiger partial charge in [-0.25, -0.2) is 0 Å². The molecule has 0 fully saturated rings. The van der Waals surface area contributed by atoms with Gasteiger partial charge in [-0.15, -0.1) is 0 Å². The van der Waals surface area contributed by atoms with Crippen LogP contribution in [0.4, 0.5) is 11.4 Å². The molecular formula is C52H73N4O7S2+. The summed E-state index contributed by atoms with van der Waals surface area (Å²) in [6.07, 6.45) is 34.0. The van der Waals surface area contributed by atoms with Crippen LogP contribution in [0.3, 0.4) is 0 Å². The number of carbonyl (C=O) groups excluding carboxylic acids is 1. The van der Waals surface area contributed by atoms with Crippen LogP contribution < -0.4 is 16.0 Å². The first-order valence-electron chi connectivity index (χ1n) is 23.8. The van der Waals surface area contributed by atoms with E-state index in [1.165, 1.54) is 28.6 Å². The molecule has 2 heterocycles. The first-order chi connectivity index (χ1) is 31.1. The van der Waals surface area contributed by atoms with Gasteiger partial charge in [0.2, 0.25) is 11.6 Å². The number of unbranched alkanes of at least 4 members (excludes halogenated alkanes) is 7. The van der Waals surface area contributed by atoms with Gasteiger partial charge in [0.05, 0.1) is 16.1 Å². The summed E-state index contributed by atoms with van der Waals surface area (Å²) in [5, 5.41) is 3.02. The van der Waals surface area contributed by atoms with Gasteiger partial charge in [0.1, 0.15) is 6.54 Å². The molecular weight excluding hydrogens is 857 g/mol. The summed E-state index contributed by atoms with van der Waals surface area (Å²) in [6.45, 7) is 9.36. The smallest absolute Gasteiger partial charge is 0.294 e. The standard InChI is InChI=1S/C52H72N4O7S2/c1-4-5-16-34-51(2)44-27-14-15-28-46(44)56(39-23-26-42-24-11-7-6-8-12-25-42)48(51)29-22-30-49-52(3,35-17-21-40-64(58,59)60)45-41-43(65(61,62)63)32-33-47(45)55(49)38-20-9-13-31-50(57)54-37-19-10-18-36-53/h6-8,11-12,14-15,22,24-25,27-30,32-33,41H,4-5,9-10,13,16-21,23,26,31,34-40,53H2,1-3H3,(H2-,54,57,58,59,60,61,62,63)/p+1/b7-6-,8-6?,11-7?,12-8-,24-11?,25-12?,42-24?,42-25?. The fraction of sp³-hybridized carbons (Fsp3) is 0.500. The fourth-order valence-corrected chi connectivity index (χ4v) is 10.7. The molecule has 65 heavy (non-hydrogen) atoms. The molecule has 2 atom stereocenters. The molecule has 2 aliphatic heterocycles. The quantitative estimate of drug-likeness (QED) is 0.0387. The third-order valence-corrected chi connectivity index (χ3v) is 14.8. The number of hydrogen-bond acceptors (Lipinski definition) is 7. The highest BCUT2D eigenvalue weighted by molar-refractivity contribution is 7.86. The van der Waals surface area contributed by atoms with Crippen molar-refractivity contribution in [3.63, 3.8) is 0 Å². The molecule has 1 aliphatic carbocycles.